The topological polar surface area (TPSA) is 61.8 Å². The van der Waals surface area contributed by atoms with Crippen molar-refractivity contribution in [2.24, 2.45) is 5.92 Å². The minimum Gasteiger partial charge on any atom is -0.488 e. The quantitative estimate of drug-likeness (QED) is 0.199. The van der Waals surface area contributed by atoms with Crippen LogP contribution in [0.1, 0.15) is 61.8 Å². The molecule has 0 spiro atoms. The Labute approximate surface area is 195 Å². The van der Waals surface area contributed by atoms with Gasteiger partial charge in [-0.25, -0.2) is 4.79 Å². The first kappa shape index (κ1) is 24.1. The second-order valence-corrected chi connectivity index (χ2v) is 8.75. The lowest BCUT2D eigenvalue weighted by molar-refractivity contribution is 0.0734. The second kappa shape index (κ2) is 10.3. The molecule has 0 aliphatic rings. The molecule has 3 aromatic rings. The van der Waals surface area contributed by atoms with E-state index in [0.717, 1.165) is 12.2 Å². The van der Waals surface area contributed by atoms with Gasteiger partial charge in [0.05, 0.1) is 5.56 Å². The van der Waals surface area contributed by atoms with Crippen LogP contribution in [-0.4, -0.2) is 17.4 Å². The molecule has 0 aliphatic carbocycles. The van der Waals surface area contributed by atoms with Crippen LogP contribution in [0.5, 0.6) is 23.0 Å². The maximum atomic E-state index is 12.4. The summed E-state index contributed by atoms with van der Waals surface area (Å²) in [6, 6.07) is 20.8. The van der Waals surface area contributed by atoms with Crippen molar-refractivity contribution >= 4 is 11.8 Å². The molecule has 3 aromatic carbocycles. The summed E-state index contributed by atoms with van der Waals surface area (Å²) in [5, 5.41) is 0. The van der Waals surface area contributed by atoms with Crippen LogP contribution in [0.25, 0.3) is 0 Å². The lowest BCUT2D eigenvalue weighted by Gasteiger charge is -2.24. The number of hydrogen-bond donors (Lipinski definition) is 0. The summed E-state index contributed by atoms with van der Waals surface area (Å²) in [6.45, 7) is 9.87. The third kappa shape index (κ3) is 6.69. The van der Waals surface area contributed by atoms with Crippen molar-refractivity contribution in [3.63, 3.8) is 0 Å². The third-order valence-electron chi connectivity index (χ3n) is 5.27. The van der Waals surface area contributed by atoms with E-state index in [1.54, 1.807) is 48.5 Å². The predicted octanol–water partition coefficient (Wildman–Crippen LogP) is 7.10. The summed E-state index contributed by atoms with van der Waals surface area (Å²) in [5.41, 5.74) is 0.740. The Kier molecular flexibility index (Phi) is 7.54. The van der Waals surface area contributed by atoms with Crippen LogP contribution < -0.4 is 14.2 Å². The van der Waals surface area contributed by atoms with E-state index in [4.69, 9.17) is 14.2 Å². The Hall–Kier alpha value is -3.60. The smallest absolute Gasteiger partial charge is 0.343 e. The molecule has 0 saturated heterocycles. The molecule has 0 unspecified atom stereocenters. The van der Waals surface area contributed by atoms with E-state index in [2.05, 4.69) is 20.8 Å². The molecule has 0 fully saturated rings. The van der Waals surface area contributed by atoms with Crippen LogP contribution in [0, 0.1) is 5.92 Å². The number of rotatable bonds is 9. The van der Waals surface area contributed by atoms with Gasteiger partial charge in [-0.05, 0) is 80.9 Å². The normalized spacial score (nSPS) is 11.2. The number of ether oxygens (including phenoxy) is 3. The minimum atomic E-state index is -0.488. The van der Waals surface area contributed by atoms with Gasteiger partial charge in [-0.2, -0.15) is 0 Å². The Bertz CT molecular complexity index is 1080. The van der Waals surface area contributed by atoms with Crippen molar-refractivity contribution in [1.82, 2.24) is 0 Å². The molecule has 0 aromatic heterocycles. The lowest BCUT2D eigenvalue weighted by Crippen LogP contribution is -2.26. The summed E-state index contributed by atoms with van der Waals surface area (Å²) < 4.78 is 17.2. The van der Waals surface area contributed by atoms with Gasteiger partial charge in [0.15, 0.2) is 5.78 Å². The molecular weight excluding hydrogens is 416 g/mol. The number of carbonyl (C=O) groups is 2. The first-order valence-corrected chi connectivity index (χ1v) is 11.1. The zero-order valence-corrected chi connectivity index (χ0v) is 19.8. The van der Waals surface area contributed by atoms with Gasteiger partial charge in [0.1, 0.15) is 28.6 Å². The summed E-state index contributed by atoms with van der Waals surface area (Å²) in [7, 11) is 0. The SMILES string of the molecule is CCC(C)(C)Oc1ccc(Oc2ccc(OC(=O)c3ccc(C(=O)C(C)C)cc3)cc2)cc1. The molecule has 0 atom stereocenters. The third-order valence-corrected chi connectivity index (χ3v) is 5.27. The van der Waals surface area contributed by atoms with Crippen LogP contribution >= 0.6 is 0 Å². The van der Waals surface area contributed by atoms with Gasteiger partial charge in [-0.3, -0.25) is 4.79 Å². The van der Waals surface area contributed by atoms with Crippen molar-refractivity contribution in [2.75, 3.05) is 0 Å². The van der Waals surface area contributed by atoms with Crippen LogP contribution in [0.15, 0.2) is 72.8 Å². The molecular formula is C28H30O5. The van der Waals surface area contributed by atoms with Gasteiger partial charge < -0.3 is 14.2 Å². The molecule has 5 nitrogen and oxygen atoms in total. The van der Waals surface area contributed by atoms with Crippen LogP contribution in [0.2, 0.25) is 0 Å². The molecule has 172 valence electrons. The lowest BCUT2D eigenvalue weighted by atomic mass is 10.0. The average Bonchev–Trinajstić information content (AvgIpc) is 2.81. The highest BCUT2D eigenvalue weighted by molar-refractivity contribution is 5.98. The number of esters is 1. The highest BCUT2D eigenvalue weighted by atomic mass is 16.5. The van der Waals surface area contributed by atoms with Crippen LogP contribution in [-0.2, 0) is 0 Å². The van der Waals surface area contributed by atoms with Gasteiger partial charge in [0.2, 0.25) is 0 Å². The summed E-state index contributed by atoms with van der Waals surface area (Å²) in [5.74, 6) is 1.95. The average molecular weight is 447 g/mol. The fourth-order valence-corrected chi connectivity index (χ4v) is 2.95. The minimum absolute atomic E-state index is 0.0393. The summed E-state index contributed by atoms with van der Waals surface area (Å²) in [6.07, 6.45) is 0.908. The molecule has 0 amide bonds. The molecule has 0 radical (unpaired) electrons. The molecule has 0 heterocycles. The maximum Gasteiger partial charge on any atom is 0.343 e. The highest BCUT2D eigenvalue weighted by Gasteiger charge is 2.17. The van der Waals surface area contributed by atoms with Crippen molar-refractivity contribution in [1.29, 1.82) is 0 Å². The van der Waals surface area contributed by atoms with Gasteiger partial charge in [-0.1, -0.05) is 32.9 Å². The molecule has 0 N–H and O–H groups in total. The second-order valence-electron chi connectivity index (χ2n) is 8.75. The van der Waals surface area contributed by atoms with E-state index in [1.807, 2.05) is 38.1 Å². The van der Waals surface area contributed by atoms with E-state index in [9.17, 15) is 9.59 Å². The Morgan fingerprint density at radius 3 is 1.67 bits per heavy atom. The number of benzene rings is 3. The highest BCUT2D eigenvalue weighted by Crippen LogP contribution is 2.28. The van der Waals surface area contributed by atoms with Crippen molar-refractivity contribution in [3.8, 4) is 23.0 Å². The Morgan fingerprint density at radius 2 is 1.18 bits per heavy atom. The molecule has 5 heteroatoms. The zero-order valence-electron chi connectivity index (χ0n) is 19.8. The Morgan fingerprint density at radius 1 is 0.727 bits per heavy atom. The number of ketones is 1. The first-order chi connectivity index (χ1) is 15.7. The number of carbonyl (C=O) groups excluding carboxylic acids is 2. The fourth-order valence-electron chi connectivity index (χ4n) is 2.95. The molecule has 0 bridgehead atoms. The monoisotopic (exact) mass is 446 g/mol. The Balaban J connectivity index is 1.58. The predicted molar refractivity (Wildman–Crippen MR) is 129 cm³/mol. The van der Waals surface area contributed by atoms with Crippen LogP contribution in [0.4, 0.5) is 0 Å². The van der Waals surface area contributed by atoms with Gasteiger partial charge >= 0.3 is 5.97 Å². The summed E-state index contributed by atoms with van der Waals surface area (Å²) >= 11 is 0. The van der Waals surface area contributed by atoms with E-state index in [-0.39, 0.29) is 17.3 Å². The standard InChI is InChI=1S/C28H30O5/c1-6-28(4,5)33-25-17-15-23(16-18-25)31-22-11-13-24(14-12-22)32-27(30)21-9-7-20(8-10-21)26(29)19(2)3/h7-19H,6H2,1-5H3. The van der Waals surface area contributed by atoms with E-state index in [1.165, 1.54) is 0 Å². The van der Waals surface area contributed by atoms with Crippen molar-refractivity contribution in [2.45, 2.75) is 46.6 Å². The molecule has 0 aliphatic heterocycles. The number of Topliss-reactive ketones (excluding diaryl/α,β-unsaturated/α-hetero) is 1. The van der Waals surface area contributed by atoms with Gasteiger partial charge in [-0.15, -0.1) is 0 Å². The van der Waals surface area contributed by atoms with E-state index < -0.39 is 5.97 Å². The summed E-state index contributed by atoms with van der Waals surface area (Å²) in [4.78, 5) is 24.4. The van der Waals surface area contributed by atoms with E-state index in [0.29, 0.717) is 28.4 Å². The molecule has 33 heavy (non-hydrogen) atoms. The van der Waals surface area contributed by atoms with Gasteiger partial charge in [0, 0.05) is 11.5 Å². The fraction of sp³-hybridized carbons (Fsp3) is 0.286. The molecule has 3 rings (SSSR count). The van der Waals surface area contributed by atoms with E-state index >= 15 is 0 Å². The van der Waals surface area contributed by atoms with Crippen molar-refractivity contribution < 1.29 is 23.8 Å². The van der Waals surface area contributed by atoms with Gasteiger partial charge in [0.25, 0.3) is 0 Å². The number of hydrogen-bond acceptors (Lipinski definition) is 5. The zero-order chi connectivity index (χ0) is 24.0. The maximum absolute atomic E-state index is 12.4. The molecule has 0 saturated carbocycles. The first-order valence-electron chi connectivity index (χ1n) is 11.1. The van der Waals surface area contributed by atoms with Crippen LogP contribution in [0.3, 0.4) is 0 Å². The largest absolute Gasteiger partial charge is 0.488 e. The van der Waals surface area contributed by atoms with Crippen molar-refractivity contribution in [3.05, 3.63) is 83.9 Å².